The largest absolute Gasteiger partial charge is 0.493 e. The molecule has 0 aliphatic carbocycles. The summed E-state index contributed by atoms with van der Waals surface area (Å²) in [5.74, 6) is 0.104. The zero-order valence-electron chi connectivity index (χ0n) is 11.9. The number of aliphatic carboxylic acids is 1. The average Bonchev–Trinajstić information content (AvgIpc) is 2.50. The van der Waals surface area contributed by atoms with Crippen LogP contribution in [0, 0.1) is 0 Å². The van der Waals surface area contributed by atoms with Gasteiger partial charge in [0.05, 0.1) is 13.5 Å². The van der Waals surface area contributed by atoms with Crippen LogP contribution in [0.15, 0.2) is 12.1 Å². The Kier molecular flexibility index (Phi) is 4.52. The fraction of sp³-hybridized carbons (Fsp3) is 0.429. The molecule has 21 heavy (non-hydrogen) atoms. The van der Waals surface area contributed by atoms with Gasteiger partial charge in [0.1, 0.15) is 13.2 Å². The van der Waals surface area contributed by atoms with Gasteiger partial charge < -0.3 is 24.2 Å². The molecule has 7 heteroatoms. The first-order chi connectivity index (χ1) is 10.0. The first-order valence-corrected chi connectivity index (χ1v) is 6.48. The molecule has 0 fully saturated rings. The predicted molar refractivity (Wildman–Crippen MR) is 73.2 cm³/mol. The molecule has 1 aliphatic rings. The monoisotopic (exact) mass is 295 g/mol. The molecule has 0 saturated carbocycles. The minimum absolute atomic E-state index is 0.107. The zero-order chi connectivity index (χ0) is 15.4. The normalized spacial score (nSPS) is 12.7. The highest BCUT2D eigenvalue weighted by molar-refractivity contribution is 5.95. The Bertz CT molecular complexity index is 539. The van der Waals surface area contributed by atoms with Crippen LogP contribution in [0.3, 0.4) is 0 Å². The molecule has 2 rings (SSSR count). The average molecular weight is 295 g/mol. The third kappa shape index (κ3) is 3.36. The van der Waals surface area contributed by atoms with Crippen molar-refractivity contribution in [2.75, 3.05) is 33.9 Å². The fourth-order valence-electron chi connectivity index (χ4n) is 1.98. The van der Waals surface area contributed by atoms with Crippen molar-refractivity contribution < 1.29 is 28.9 Å². The molecule has 1 N–H and O–H groups in total. The molecule has 1 aromatic rings. The van der Waals surface area contributed by atoms with E-state index in [2.05, 4.69) is 0 Å². The molecule has 0 unspecified atom stereocenters. The van der Waals surface area contributed by atoms with E-state index in [1.807, 2.05) is 0 Å². The summed E-state index contributed by atoms with van der Waals surface area (Å²) >= 11 is 0. The Morgan fingerprint density at radius 3 is 2.71 bits per heavy atom. The van der Waals surface area contributed by atoms with Crippen molar-refractivity contribution >= 4 is 11.9 Å². The van der Waals surface area contributed by atoms with Crippen LogP contribution in [-0.4, -0.2) is 55.8 Å². The SMILES string of the molecule is COc1cc(C(=O)N(C)CCC(=O)O)cc2c1OCCO2. The van der Waals surface area contributed by atoms with E-state index in [1.165, 1.54) is 12.0 Å². The number of amides is 1. The number of carboxylic acids is 1. The van der Waals surface area contributed by atoms with E-state index in [0.717, 1.165) is 0 Å². The first kappa shape index (κ1) is 15.0. The molecule has 0 atom stereocenters. The molecular formula is C14H17NO6. The smallest absolute Gasteiger partial charge is 0.305 e. The Labute approximate surface area is 122 Å². The molecule has 0 radical (unpaired) electrons. The van der Waals surface area contributed by atoms with Crippen molar-refractivity contribution in [2.24, 2.45) is 0 Å². The maximum atomic E-state index is 12.3. The Morgan fingerprint density at radius 2 is 2.05 bits per heavy atom. The number of benzene rings is 1. The number of carbonyl (C=O) groups excluding carboxylic acids is 1. The third-order valence-electron chi connectivity index (χ3n) is 3.08. The van der Waals surface area contributed by atoms with Gasteiger partial charge in [-0.3, -0.25) is 9.59 Å². The number of carbonyl (C=O) groups is 2. The van der Waals surface area contributed by atoms with Crippen LogP contribution in [0.2, 0.25) is 0 Å². The van der Waals surface area contributed by atoms with Crippen LogP contribution >= 0.6 is 0 Å². The summed E-state index contributed by atoms with van der Waals surface area (Å²) in [6, 6.07) is 3.14. The summed E-state index contributed by atoms with van der Waals surface area (Å²) in [5.41, 5.74) is 0.365. The first-order valence-electron chi connectivity index (χ1n) is 6.48. The van der Waals surface area contributed by atoms with Gasteiger partial charge in [0.2, 0.25) is 5.75 Å². The van der Waals surface area contributed by atoms with Gasteiger partial charge in [0.15, 0.2) is 11.5 Å². The van der Waals surface area contributed by atoms with Gasteiger partial charge in [-0.05, 0) is 12.1 Å². The van der Waals surface area contributed by atoms with Crippen molar-refractivity contribution in [3.63, 3.8) is 0 Å². The molecule has 1 amide bonds. The van der Waals surface area contributed by atoms with E-state index < -0.39 is 5.97 Å². The summed E-state index contributed by atoms with van der Waals surface area (Å²) < 4.78 is 16.1. The molecule has 114 valence electrons. The number of rotatable bonds is 5. The lowest BCUT2D eigenvalue weighted by atomic mass is 10.1. The van der Waals surface area contributed by atoms with Gasteiger partial charge in [-0.2, -0.15) is 0 Å². The standard InChI is InChI=1S/C14H17NO6/c1-15(4-3-12(16)17)14(18)9-7-10(19-2)13-11(8-9)20-5-6-21-13/h7-8H,3-6H2,1-2H3,(H,16,17). The van der Waals surface area contributed by atoms with Crippen molar-refractivity contribution in [1.29, 1.82) is 0 Å². The third-order valence-corrected chi connectivity index (χ3v) is 3.08. The summed E-state index contributed by atoms with van der Waals surface area (Å²) in [4.78, 5) is 24.2. The van der Waals surface area contributed by atoms with Crippen molar-refractivity contribution in [3.05, 3.63) is 17.7 Å². The van der Waals surface area contributed by atoms with E-state index in [4.69, 9.17) is 19.3 Å². The number of ether oxygens (including phenoxy) is 3. The number of methoxy groups -OCH3 is 1. The Balaban J connectivity index is 2.23. The quantitative estimate of drug-likeness (QED) is 0.872. The summed E-state index contributed by atoms with van der Waals surface area (Å²) in [6.07, 6.45) is -0.107. The topological polar surface area (TPSA) is 85.3 Å². The van der Waals surface area contributed by atoms with E-state index in [1.54, 1.807) is 19.2 Å². The second-order valence-electron chi connectivity index (χ2n) is 4.57. The molecule has 1 aromatic carbocycles. The van der Waals surface area contributed by atoms with Gasteiger partial charge in [-0.25, -0.2) is 0 Å². The van der Waals surface area contributed by atoms with E-state index in [9.17, 15) is 9.59 Å². The van der Waals surface area contributed by atoms with E-state index in [0.29, 0.717) is 36.0 Å². The van der Waals surface area contributed by atoms with Gasteiger partial charge >= 0.3 is 5.97 Å². The number of nitrogens with zero attached hydrogens (tertiary/aromatic N) is 1. The maximum Gasteiger partial charge on any atom is 0.305 e. The number of hydrogen-bond acceptors (Lipinski definition) is 5. The predicted octanol–water partition coefficient (Wildman–Crippen LogP) is 1.01. The van der Waals surface area contributed by atoms with Crippen LogP contribution in [-0.2, 0) is 4.79 Å². The van der Waals surface area contributed by atoms with Crippen LogP contribution in [0.1, 0.15) is 16.8 Å². The molecule has 0 spiro atoms. The summed E-state index contributed by atoms with van der Waals surface area (Å²) in [5, 5.41) is 8.66. The van der Waals surface area contributed by atoms with Crippen molar-refractivity contribution in [2.45, 2.75) is 6.42 Å². The Morgan fingerprint density at radius 1 is 1.33 bits per heavy atom. The second-order valence-corrected chi connectivity index (χ2v) is 4.57. The second kappa shape index (κ2) is 6.34. The summed E-state index contributed by atoms with van der Waals surface area (Å²) in [7, 11) is 3.03. The van der Waals surface area contributed by atoms with Gasteiger partial charge in [-0.15, -0.1) is 0 Å². The molecule has 7 nitrogen and oxygen atoms in total. The number of hydrogen-bond donors (Lipinski definition) is 1. The van der Waals surface area contributed by atoms with Crippen LogP contribution in [0.25, 0.3) is 0 Å². The lowest BCUT2D eigenvalue weighted by molar-refractivity contribution is -0.137. The highest BCUT2D eigenvalue weighted by atomic mass is 16.6. The molecule has 0 saturated heterocycles. The van der Waals surface area contributed by atoms with Crippen LogP contribution in [0.5, 0.6) is 17.2 Å². The molecule has 1 aliphatic heterocycles. The highest BCUT2D eigenvalue weighted by Gasteiger charge is 2.22. The number of fused-ring (bicyclic) bond motifs is 1. The molecular weight excluding hydrogens is 278 g/mol. The molecule has 0 aromatic heterocycles. The van der Waals surface area contributed by atoms with Crippen LogP contribution < -0.4 is 14.2 Å². The van der Waals surface area contributed by atoms with Gasteiger partial charge in [0.25, 0.3) is 5.91 Å². The van der Waals surface area contributed by atoms with E-state index >= 15 is 0 Å². The van der Waals surface area contributed by atoms with E-state index in [-0.39, 0.29) is 18.9 Å². The minimum atomic E-state index is -0.950. The minimum Gasteiger partial charge on any atom is -0.493 e. The maximum absolute atomic E-state index is 12.3. The van der Waals surface area contributed by atoms with Gasteiger partial charge in [0, 0.05) is 19.2 Å². The zero-order valence-corrected chi connectivity index (χ0v) is 11.9. The molecule has 1 heterocycles. The Hall–Kier alpha value is -2.44. The molecule has 0 bridgehead atoms. The van der Waals surface area contributed by atoms with Crippen molar-refractivity contribution in [3.8, 4) is 17.2 Å². The highest BCUT2D eigenvalue weighted by Crippen LogP contribution is 2.40. The summed E-state index contributed by atoms with van der Waals surface area (Å²) in [6.45, 7) is 0.961. The van der Waals surface area contributed by atoms with Crippen molar-refractivity contribution in [1.82, 2.24) is 4.90 Å². The van der Waals surface area contributed by atoms with Gasteiger partial charge in [-0.1, -0.05) is 0 Å². The lowest BCUT2D eigenvalue weighted by Crippen LogP contribution is -2.29. The fourth-order valence-corrected chi connectivity index (χ4v) is 1.98. The van der Waals surface area contributed by atoms with Crippen LogP contribution in [0.4, 0.5) is 0 Å². The number of carboxylic acid groups (broad SMARTS) is 1. The lowest BCUT2D eigenvalue weighted by Gasteiger charge is -2.22.